The second-order valence-electron chi connectivity index (χ2n) is 7.76. The summed E-state index contributed by atoms with van der Waals surface area (Å²) in [6, 6.07) is 7.03. The lowest BCUT2D eigenvalue weighted by Crippen LogP contribution is -2.29. The van der Waals surface area contributed by atoms with Crippen molar-refractivity contribution in [1.29, 1.82) is 0 Å². The molecule has 2 heterocycles. The summed E-state index contributed by atoms with van der Waals surface area (Å²) in [5.41, 5.74) is 1.91. The molecule has 0 saturated heterocycles. The molecule has 0 saturated carbocycles. The van der Waals surface area contributed by atoms with Crippen molar-refractivity contribution in [2.75, 3.05) is 25.6 Å². The van der Waals surface area contributed by atoms with Crippen molar-refractivity contribution >= 4 is 39.1 Å². The van der Waals surface area contributed by atoms with Gasteiger partial charge in [0.1, 0.15) is 11.5 Å². The number of nitrogens with one attached hydrogen (secondary N) is 2. The van der Waals surface area contributed by atoms with Crippen LogP contribution in [0.4, 0.5) is 5.00 Å². The summed E-state index contributed by atoms with van der Waals surface area (Å²) < 4.78 is 6.32. The molecule has 0 bridgehead atoms. The van der Waals surface area contributed by atoms with Crippen LogP contribution in [0.15, 0.2) is 35.4 Å². The SMILES string of the molecule is COCCCNC(=O)c1c(NC(=O)Cn2cnc3ccccc3c2=O)sc2c1CCCC2. The Bertz CT molecular complexity index is 1200. The van der Waals surface area contributed by atoms with Gasteiger partial charge in [-0.3, -0.25) is 19.0 Å². The number of carbonyl (C=O) groups excluding carboxylic acids is 2. The normalized spacial score (nSPS) is 13.0. The Morgan fingerprint density at radius 1 is 1.22 bits per heavy atom. The predicted molar refractivity (Wildman–Crippen MR) is 124 cm³/mol. The zero-order valence-electron chi connectivity index (χ0n) is 18.0. The molecule has 0 atom stereocenters. The lowest BCUT2D eigenvalue weighted by atomic mass is 9.95. The number of hydrogen-bond acceptors (Lipinski definition) is 6. The highest BCUT2D eigenvalue weighted by Crippen LogP contribution is 2.38. The quantitative estimate of drug-likeness (QED) is 0.510. The van der Waals surface area contributed by atoms with Gasteiger partial charge < -0.3 is 15.4 Å². The molecule has 9 heteroatoms. The van der Waals surface area contributed by atoms with Crippen LogP contribution in [0.2, 0.25) is 0 Å². The summed E-state index contributed by atoms with van der Waals surface area (Å²) in [5.74, 6) is -0.545. The van der Waals surface area contributed by atoms with E-state index in [0.717, 1.165) is 36.1 Å². The van der Waals surface area contributed by atoms with E-state index >= 15 is 0 Å². The fourth-order valence-corrected chi connectivity index (χ4v) is 5.24. The summed E-state index contributed by atoms with van der Waals surface area (Å²) in [6.07, 6.45) is 5.94. The van der Waals surface area contributed by atoms with E-state index < -0.39 is 0 Å². The van der Waals surface area contributed by atoms with Gasteiger partial charge in [0.15, 0.2) is 0 Å². The van der Waals surface area contributed by atoms with Crippen molar-refractivity contribution in [3.8, 4) is 0 Å². The smallest absolute Gasteiger partial charge is 0.261 e. The summed E-state index contributed by atoms with van der Waals surface area (Å²) in [5, 5.41) is 6.83. The first-order chi connectivity index (χ1) is 15.6. The first kappa shape index (κ1) is 22.2. The number of thiophene rings is 1. The van der Waals surface area contributed by atoms with Crippen molar-refractivity contribution in [3.05, 3.63) is 57.0 Å². The third kappa shape index (κ3) is 4.73. The van der Waals surface area contributed by atoms with Crippen LogP contribution in [0.5, 0.6) is 0 Å². The highest BCUT2D eigenvalue weighted by Gasteiger charge is 2.26. The highest BCUT2D eigenvalue weighted by molar-refractivity contribution is 7.17. The number of benzene rings is 1. The van der Waals surface area contributed by atoms with Gasteiger partial charge in [0.2, 0.25) is 5.91 Å². The molecular formula is C23H26N4O4S. The lowest BCUT2D eigenvalue weighted by Gasteiger charge is -2.13. The molecule has 1 aromatic carbocycles. The Hall–Kier alpha value is -3.04. The molecule has 0 fully saturated rings. The third-order valence-electron chi connectivity index (χ3n) is 5.51. The van der Waals surface area contributed by atoms with E-state index in [4.69, 9.17) is 4.74 Å². The Labute approximate surface area is 189 Å². The van der Waals surface area contributed by atoms with Crippen molar-refractivity contribution in [2.45, 2.75) is 38.6 Å². The first-order valence-electron chi connectivity index (χ1n) is 10.7. The third-order valence-corrected chi connectivity index (χ3v) is 6.71. The molecule has 1 aliphatic carbocycles. The van der Waals surface area contributed by atoms with Gasteiger partial charge in [-0.1, -0.05) is 12.1 Å². The molecule has 0 spiro atoms. The maximum atomic E-state index is 12.9. The minimum atomic E-state index is -0.365. The van der Waals surface area contributed by atoms with Gasteiger partial charge in [-0.05, 0) is 49.8 Å². The van der Waals surface area contributed by atoms with Crippen LogP contribution in [-0.4, -0.2) is 41.6 Å². The molecule has 0 unspecified atom stereocenters. The number of rotatable bonds is 8. The molecule has 0 radical (unpaired) electrons. The number of hydrogen-bond donors (Lipinski definition) is 2. The van der Waals surface area contributed by atoms with Crippen LogP contribution in [0.3, 0.4) is 0 Å². The average Bonchev–Trinajstić information content (AvgIpc) is 3.16. The highest BCUT2D eigenvalue weighted by atomic mass is 32.1. The van der Waals surface area contributed by atoms with Gasteiger partial charge >= 0.3 is 0 Å². The molecule has 2 aromatic heterocycles. The first-order valence-corrected chi connectivity index (χ1v) is 11.6. The summed E-state index contributed by atoms with van der Waals surface area (Å²) in [6.45, 7) is 0.900. The van der Waals surface area contributed by atoms with E-state index in [2.05, 4.69) is 15.6 Å². The fraction of sp³-hybridized carbons (Fsp3) is 0.391. The van der Waals surface area contributed by atoms with E-state index in [9.17, 15) is 14.4 Å². The molecular weight excluding hydrogens is 428 g/mol. The number of ether oxygens (including phenoxy) is 1. The second-order valence-corrected chi connectivity index (χ2v) is 8.87. The van der Waals surface area contributed by atoms with Crippen LogP contribution in [0.1, 0.15) is 40.1 Å². The number of amides is 2. The number of nitrogens with zero attached hydrogens (tertiary/aromatic N) is 2. The molecule has 8 nitrogen and oxygen atoms in total. The number of aryl methyl sites for hydroxylation is 1. The number of methoxy groups -OCH3 is 1. The molecule has 2 amide bonds. The van der Waals surface area contributed by atoms with Crippen LogP contribution in [0.25, 0.3) is 10.9 Å². The molecule has 32 heavy (non-hydrogen) atoms. The van der Waals surface area contributed by atoms with Crippen molar-refractivity contribution in [3.63, 3.8) is 0 Å². The lowest BCUT2D eigenvalue weighted by molar-refractivity contribution is -0.116. The van der Waals surface area contributed by atoms with Crippen molar-refractivity contribution < 1.29 is 14.3 Å². The maximum absolute atomic E-state index is 12.9. The van der Waals surface area contributed by atoms with Crippen LogP contribution in [0, 0.1) is 0 Å². The van der Waals surface area contributed by atoms with E-state index in [-0.39, 0.29) is 23.9 Å². The van der Waals surface area contributed by atoms with E-state index in [1.54, 1.807) is 25.3 Å². The predicted octanol–water partition coefficient (Wildman–Crippen LogP) is 2.74. The summed E-state index contributed by atoms with van der Waals surface area (Å²) in [7, 11) is 1.63. The van der Waals surface area contributed by atoms with Crippen LogP contribution >= 0.6 is 11.3 Å². The number of aromatic nitrogens is 2. The Morgan fingerprint density at radius 2 is 2.03 bits per heavy atom. The second kappa shape index (κ2) is 10.1. The maximum Gasteiger partial charge on any atom is 0.261 e. The molecule has 3 aromatic rings. The van der Waals surface area contributed by atoms with Gasteiger partial charge in [-0.2, -0.15) is 0 Å². The molecule has 4 rings (SSSR count). The van der Waals surface area contributed by atoms with Crippen molar-refractivity contribution in [1.82, 2.24) is 14.9 Å². The Balaban J connectivity index is 1.54. The Kier molecular flexibility index (Phi) is 6.96. The monoisotopic (exact) mass is 454 g/mol. The molecule has 0 aliphatic heterocycles. The zero-order valence-corrected chi connectivity index (χ0v) is 18.8. The fourth-order valence-electron chi connectivity index (χ4n) is 3.94. The Morgan fingerprint density at radius 3 is 2.88 bits per heavy atom. The average molecular weight is 455 g/mol. The molecule has 168 valence electrons. The topological polar surface area (TPSA) is 102 Å². The molecule has 2 N–H and O–H groups in total. The van der Waals surface area contributed by atoms with Gasteiger partial charge in [-0.15, -0.1) is 11.3 Å². The summed E-state index contributed by atoms with van der Waals surface area (Å²) >= 11 is 1.46. The largest absolute Gasteiger partial charge is 0.385 e. The number of carbonyl (C=O) groups is 2. The van der Waals surface area contributed by atoms with Gasteiger partial charge in [0.25, 0.3) is 11.5 Å². The van der Waals surface area contributed by atoms with Crippen LogP contribution < -0.4 is 16.2 Å². The molecule has 1 aliphatic rings. The van der Waals surface area contributed by atoms with E-state index in [1.807, 2.05) is 6.07 Å². The van der Waals surface area contributed by atoms with Gasteiger partial charge in [0, 0.05) is 25.1 Å². The minimum Gasteiger partial charge on any atom is -0.385 e. The van der Waals surface area contributed by atoms with E-state index in [1.165, 1.54) is 22.2 Å². The van der Waals surface area contributed by atoms with Crippen molar-refractivity contribution in [2.24, 2.45) is 0 Å². The minimum absolute atomic E-state index is 0.172. The number of para-hydroxylation sites is 1. The number of fused-ring (bicyclic) bond motifs is 2. The number of anilines is 1. The van der Waals surface area contributed by atoms with Gasteiger partial charge in [0.05, 0.1) is 22.8 Å². The van der Waals surface area contributed by atoms with Gasteiger partial charge in [-0.25, -0.2) is 4.98 Å². The standard InChI is InChI=1S/C23H26N4O4S/c1-31-12-6-11-24-21(29)20-16-8-3-5-10-18(16)32-22(20)26-19(28)13-27-14-25-17-9-4-2-7-15(17)23(27)30/h2,4,7,9,14H,3,5-6,8,10-13H2,1H3,(H,24,29)(H,26,28). The zero-order chi connectivity index (χ0) is 22.5. The van der Waals surface area contributed by atoms with Crippen LogP contribution in [-0.2, 0) is 28.9 Å². The van der Waals surface area contributed by atoms with E-state index in [0.29, 0.717) is 41.0 Å². The summed E-state index contributed by atoms with van der Waals surface area (Å²) in [4.78, 5) is 43.9.